The van der Waals surface area contributed by atoms with Gasteiger partial charge in [-0.05, 0) is 31.9 Å². The summed E-state index contributed by atoms with van der Waals surface area (Å²) >= 11 is 0. The molecule has 1 aromatic rings. The summed E-state index contributed by atoms with van der Waals surface area (Å²) in [6, 6.07) is 4.71. The number of likely N-dealkylation sites (tertiary alicyclic amines) is 1. The Hall–Kier alpha value is -2.17. The second-order valence-electron chi connectivity index (χ2n) is 7.19. The maximum Gasteiger partial charge on any atom is 0.422 e. The number of aryl methyl sites for hydroxylation is 1. The maximum absolute atomic E-state index is 12.5. The minimum atomic E-state index is -4.45. The van der Waals surface area contributed by atoms with Crippen LogP contribution >= 0.6 is 0 Å². The smallest absolute Gasteiger partial charge is 0.422 e. The Balaban J connectivity index is 2.02. The molecule has 0 amide bonds. The van der Waals surface area contributed by atoms with E-state index in [2.05, 4.69) is 15.6 Å². The lowest BCUT2D eigenvalue weighted by molar-refractivity contribution is -0.153. The van der Waals surface area contributed by atoms with Crippen LogP contribution in [-0.4, -0.2) is 62.0 Å². The number of rotatable bonds is 7. The van der Waals surface area contributed by atoms with Crippen LogP contribution in [0.5, 0.6) is 5.75 Å². The molecule has 11 heteroatoms. The Bertz CT molecular complexity index is 720. The average molecular weight is 440 g/mol. The summed E-state index contributed by atoms with van der Waals surface area (Å²) in [5.74, 6) is 0.489. The molecule has 170 valence electrons. The third-order valence-electron chi connectivity index (χ3n) is 4.38. The van der Waals surface area contributed by atoms with Crippen LogP contribution in [0.2, 0.25) is 0 Å². The second kappa shape index (κ2) is 10.2. The standard InChI is InChI=1S/C19H26F6N4O/c1-3-26-17(28-15-6-7-29(10-15)11-18(20,21)22)27-9-14-5-4-13(2)8-16(14)30-12-19(23,24)25/h4-5,8,15H,3,6-7,9-12H2,1-2H3,(H2,26,27,28). The molecule has 0 saturated carbocycles. The van der Waals surface area contributed by atoms with Crippen LogP contribution < -0.4 is 15.4 Å². The maximum atomic E-state index is 12.5. The third kappa shape index (κ3) is 8.68. The molecule has 1 saturated heterocycles. The van der Waals surface area contributed by atoms with Crippen molar-refractivity contribution in [3.05, 3.63) is 29.3 Å². The van der Waals surface area contributed by atoms with E-state index in [9.17, 15) is 26.3 Å². The zero-order chi connectivity index (χ0) is 22.4. The number of benzene rings is 1. The third-order valence-corrected chi connectivity index (χ3v) is 4.38. The lowest BCUT2D eigenvalue weighted by Gasteiger charge is -2.20. The molecule has 1 aliphatic heterocycles. The van der Waals surface area contributed by atoms with E-state index >= 15 is 0 Å². The predicted octanol–water partition coefficient (Wildman–Crippen LogP) is 3.63. The number of aliphatic imine (C=N–C) groups is 1. The molecular weight excluding hydrogens is 414 g/mol. The number of guanidine groups is 1. The summed E-state index contributed by atoms with van der Waals surface area (Å²) < 4.78 is 80.1. The van der Waals surface area contributed by atoms with Crippen LogP contribution in [0.15, 0.2) is 23.2 Å². The summed E-state index contributed by atoms with van der Waals surface area (Å²) in [7, 11) is 0. The normalized spacial score (nSPS) is 18.5. The highest BCUT2D eigenvalue weighted by molar-refractivity contribution is 5.80. The van der Waals surface area contributed by atoms with Crippen LogP contribution in [0, 0.1) is 6.92 Å². The van der Waals surface area contributed by atoms with E-state index in [0.29, 0.717) is 31.0 Å². The molecule has 1 atom stereocenters. The first kappa shape index (κ1) is 24.1. The Morgan fingerprint density at radius 2 is 1.93 bits per heavy atom. The highest BCUT2D eigenvalue weighted by atomic mass is 19.4. The molecule has 0 radical (unpaired) electrons. The van der Waals surface area contributed by atoms with Crippen LogP contribution in [0.4, 0.5) is 26.3 Å². The van der Waals surface area contributed by atoms with Gasteiger partial charge in [0, 0.05) is 31.2 Å². The number of nitrogens with zero attached hydrogens (tertiary/aromatic N) is 2. The zero-order valence-corrected chi connectivity index (χ0v) is 16.8. The van der Waals surface area contributed by atoms with Gasteiger partial charge in [0.1, 0.15) is 5.75 Å². The molecule has 2 rings (SSSR count). The number of alkyl halides is 6. The van der Waals surface area contributed by atoms with Gasteiger partial charge in [-0.2, -0.15) is 26.3 Å². The molecule has 1 heterocycles. The monoisotopic (exact) mass is 440 g/mol. The zero-order valence-electron chi connectivity index (χ0n) is 16.8. The van der Waals surface area contributed by atoms with Crippen molar-refractivity contribution in [3.63, 3.8) is 0 Å². The second-order valence-corrected chi connectivity index (χ2v) is 7.19. The fourth-order valence-electron chi connectivity index (χ4n) is 3.11. The number of nitrogens with one attached hydrogen (secondary N) is 2. The first-order valence-electron chi connectivity index (χ1n) is 9.58. The lowest BCUT2D eigenvalue weighted by atomic mass is 10.1. The van der Waals surface area contributed by atoms with E-state index in [0.717, 1.165) is 5.56 Å². The van der Waals surface area contributed by atoms with Gasteiger partial charge in [0.25, 0.3) is 0 Å². The van der Waals surface area contributed by atoms with Gasteiger partial charge in [-0.15, -0.1) is 0 Å². The van der Waals surface area contributed by atoms with E-state index in [1.807, 2.05) is 6.92 Å². The molecule has 5 nitrogen and oxygen atoms in total. The van der Waals surface area contributed by atoms with Crippen molar-refractivity contribution >= 4 is 5.96 Å². The highest BCUT2D eigenvalue weighted by Crippen LogP contribution is 2.24. The minimum absolute atomic E-state index is 0.0573. The summed E-state index contributed by atoms with van der Waals surface area (Å²) in [4.78, 5) is 5.70. The van der Waals surface area contributed by atoms with Crippen LogP contribution in [0.25, 0.3) is 0 Å². The van der Waals surface area contributed by atoms with Gasteiger partial charge >= 0.3 is 12.4 Å². The Kier molecular flexibility index (Phi) is 8.22. The summed E-state index contributed by atoms with van der Waals surface area (Å²) in [6.45, 7) is 2.36. The van der Waals surface area contributed by atoms with Gasteiger partial charge in [0.15, 0.2) is 12.6 Å². The first-order chi connectivity index (χ1) is 13.9. The summed E-state index contributed by atoms with van der Waals surface area (Å²) in [5.41, 5.74) is 1.23. The lowest BCUT2D eigenvalue weighted by Crippen LogP contribution is -2.45. The average Bonchev–Trinajstić information content (AvgIpc) is 3.03. The summed E-state index contributed by atoms with van der Waals surface area (Å²) in [6.07, 6.45) is -8.16. The van der Waals surface area contributed by atoms with Gasteiger partial charge in [0.2, 0.25) is 0 Å². The molecule has 2 N–H and O–H groups in total. The van der Waals surface area contributed by atoms with Gasteiger partial charge in [-0.1, -0.05) is 12.1 Å². The molecule has 0 spiro atoms. The Labute approximate surface area is 171 Å². The van der Waals surface area contributed by atoms with Crippen molar-refractivity contribution in [1.82, 2.24) is 15.5 Å². The molecular formula is C19H26F6N4O. The molecule has 1 fully saturated rings. The molecule has 1 aliphatic rings. The van der Waals surface area contributed by atoms with Crippen molar-refractivity contribution < 1.29 is 31.1 Å². The van der Waals surface area contributed by atoms with Crippen molar-refractivity contribution in [2.75, 3.05) is 32.8 Å². The SMILES string of the molecule is CCNC(=NCc1ccc(C)cc1OCC(F)(F)F)NC1CCN(CC(F)(F)F)C1. The van der Waals surface area contributed by atoms with Crippen molar-refractivity contribution in [2.45, 2.75) is 45.2 Å². The summed E-state index contributed by atoms with van der Waals surface area (Å²) in [5, 5.41) is 6.11. The van der Waals surface area contributed by atoms with Crippen LogP contribution in [0.3, 0.4) is 0 Å². The number of halogens is 6. The van der Waals surface area contributed by atoms with E-state index < -0.39 is 25.5 Å². The van der Waals surface area contributed by atoms with Gasteiger partial charge in [-0.25, -0.2) is 4.99 Å². The molecule has 0 aliphatic carbocycles. The van der Waals surface area contributed by atoms with Crippen molar-refractivity contribution in [2.24, 2.45) is 4.99 Å². The van der Waals surface area contributed by atoms with Gasteiger partial charge < -0.3 is 15.4 Å². The number of ether oxygens (including phenoxy) is 1. The van der Waals surface area contributed by atoms with Crippen molar-refractivity contribution in [1.29, 1.82) is 0 Å². The van der Waals surface area contributed by atoms with Crippen LogP contribution in [-0.2, 0) is 6.54 Å². The fraction of sp³-hybridized carbons (Fsp3) is 0.632. The molecule has 1 aromatic carbocycles. The topological polar surface area (TPSA) is 48.9 Å². The molecule has 30 heavy (non-hydrogen) atoms. The van der Waals surface area contributed by atoms with E-state index in [-0.39, 0.29) is 24.9 Å². The Morgan fingerprint density at radius 1 is 1.20 bits per heavy atom. The minimum Gasteiger partial charge on any atom is -0.484 e. The van der Waals surface area contributed by atoms with E-state index in [1.165, 1.54) is 11.0 Å². The Morgan fingerprint density at radius 3 is 2.57 bits per heavy atom. The molecule has 0 aromatic heterocycles. The fourth-order valence-corrected chi connectivity index (χ4v) is 3.11. The van der Waals surface area contributed by atoms with E-state index in [1.54, 1.807) is 19.1 Å². The largest absolute Gasteiger partial charge is 0.484 e. The van der Waals surface area contributed by atoms with E-state index in [4.69, 9.17) is 4.74 Å². The predicted molar refractivity (Wildman–Crippen MR) is 102 cm³/mol. The van der Waals surface area contributed by atoms with Crippen molar-refractivity contribution in [3.8, 4) is 5.75 Å². The van der Waals surface area contributed by atoms with Crippen LogP contribution in [0.1, 0.15) is 24.5 Å². The highest BCUT2D eigenvalue weighted by Gasteiger charge is 2.34. The van der Waals surface area contributed by atoms with Gasteiger partial charge in [-0.3, -0.25) is 4.90 Å². The molecule has 0 bridgehead atoms. The first-order valence-corrected chi connectivity index (χ1v) is 9.58. The number of hydrogen-bond donors (Lipinski definition) is 2. The quantitative estimate of drug-likeness (QED) is 0.386. The number of hydrogen-bond acceptors (Lipinski definition) is 3. The molecule has 1 unspecified atom stereocenters. The van der Waals surface area contributed by atoms with Gasteiger partial charge in [0.05, 0.1) is 13.1 Å².